The summed E-state index contributed by atoms with van der Waals surface area (Å²) in [6.07, 6.45) is 0. The Morgan fingerprint density at radius 3 is 2.35 bits per heavy atom. The van der Waals surface area contributed by atoms with Crippen LogP contribution >= 0.6 is 11.6 Å². The van der Waals surface area contributed by atoms with Gasteiger partial charge in [0.1, 0.15) is 4.90 Å². The zero-order chi connectivity index (χ0) is 19.5. The van der Waals surface area contributed by atoms with Gasteiger partial charge < -0.3 is 5.32 Å². The van der Waals surface area contributed by atoms with Crippen LogP contribution in [0.3, 0.4) is 0 Å². The van der Waals surface area contributed by atoms with Gasteiger partial charge in [-0.1, -0.05) is 43.6 Å². The quantitative estimate of drug-likeness (QED) is 0.770. The summed E-state index contributed by atoms with van der Waals surface area (Å²) in [5.74, 6) is -0.0765. The van der Waals surface area contributed by atoms with E-state index in [2.05, 4.69) is 10.0 Å². The number of carbonyl (C=O) groups excluding carboxylic acids is 1. The molecule has 7 heteroatoms. The summed E-state index contributed by atoms with van der Waals surface area (Å²) in [6, 6.07) is 11.2. The van der Waals surface area contributed by atoms with Crippen LogP contribution in [0.5, 0.6) is 0 Å². The Labute approximate surface area is 159 Å². The van der Waals surface area contributed by atoms with E-state index >= 15 is 0 Å². The monoisotopic (exact) mass is 394 g/mol. The first-order chi connectivity index (χ1) is 12.1. The number of carbonyl (C=O) groups is 1. The summed E-state index contributed by atoms with van der Waals surface area (Å²) in [5, 5.41) is 2.91. The lowest BCUT2D eigenvalue weighted by atomic mass is 10.1. The van der Waals surface area contributed by atoms with Crippen molar-refractivity contribution in [1.82, 2.24) is 5.32 Å². The van der Waals surface area contributed by atoms with Crippen LogP contribution in [0.1, 0.15) is 36.7 Å². The van der Waals surface area contributed by atoms with Crippen molar-refractivity contribution >= 4 is 33.2 Å². The lowest BCUT2D eigenvalue weighted by Gasteiger charge is -2.18. The predicted molar refractivity (Wildman–Crippen MR) is 105 cm³/mol. The van der Waals surface area contributed by atoms with Crippen LogP contribution in [-0.4, -0.2) is 20.4 Å². The molecular formula is C19H23ClN2O3S. The van der Waals surface area contributed by atoms with Gasteiger partial charge in [-0.15, -0.1) is 0 Å². The highest BCUT2D eigenvalue weighted by Crippen LogP contribution is 2.26. The summed E-state index contributed by atoms with van der Waals surface area (Å²) >= 11 is 6.10. The Morgan fingerprint density at radius 1 is 1.08 bits per heavy atom. The SMILES string of the molecule is Cc1ccccc1NS(=O)(=O)c1cc(C(=O)NC(C)C(C)C)ccc1Cl. The molecule has 0 saturated heterocycles. The fourth-order valence-electron chi connectivity index (χ4n) is 2.19. The molecule has 0 aromatic heterocycles. The average molecular weight is 395 g/mol. The molecule has 0 aliphatic carbocycles. The summed E-state index contributed by atoms with van der Waals surface area (Å²) in [7, 11) is -3.93. The Balaban J connectivity index is 2.34. The van der Waals surface area contributed by atoms with E-state index in [0.717, 1.165) is 5.56 Å². The minimum atomic E-state index is -3.93. The molecule has 2 aromatic carbocycles. The molecule has 0 saturated carbocycles. The van der Waals surface area contributed by atoms with Crippen LogP contribution in [0.2, 0.25) is 5.02 Å². The van der Waals surface area contributed by atoms with Crippen molar-refractivity contribution < 1.29 is 13.2 Å². The van der Waals surface area contributed by atoms with Crippen LogP contribution in [0.4, 0.5) is 5.69 Å². The Kier molecular flexibility index (Phi) is 6.31. The van der Waals surface area contributed by atoms with Gasteiger partial charge in [0.05, 0.1) is 10.7 Å². The molecule has 1 atom stereocenters. The van der Waals surface area contributed by atoms with Crippen molar-refractivity contribution in [2.45, 2.75) is 38.6 Å². The third-order valence-corrected chi connectivity index (χ3v) is 6.08. The van der Waals surface area contributed by atoms with E-state index in [-0.39, 0.29) is 33.3 Å². The maximum absolute atomic E-state index is 12.8. The van der Waals surface area contributed by atoms with Gasteiger partial charge in [-0.25, -0.2) is 8.42 Å². The Morgan fingerprint density at radius 2 is 1.73 bits per heavy atom. The third-order valence-electron chi connectivity index (χ3n) is 4.23. The molecule has 2 aromatic rings. The number of amides is 1. The van der Waals surface area contributed by atoms with Crippen molar-refractivity contribution in [3.05, 3.63) is 58.6 Å². The van der Waals surface area contributed by atoms with Crippen LogP contribution in [-0.2, 0) is 10.0 Å². The van der Waals surface area contributed by atoms with Gasteiger partial charge >= 0.3 is 0 Å². The number of aryl methyl sites for hydroxylation is 1. The van der Waals surface area contributed by atoms with Crippen molar-refractivity contribution in [3.8, 4) is 0 Å². The number of sulfonamides is 1. The maximum Gasteiger partial charge on any atom is 0.263 e. The highest BCUT2D eigenvalue weighted by molar-refractivity contribution is 7.92. The summed E-state index contributed by atoms with van der Waals surface area (Å²) < 4.78 is 28.0. The van der Waals surface area contributed by atoms with E-state index in [1.807, 2.05) is 26.8 Å². The van der Waals surface area contributed by atoms with Crippen molar-refractivity contribution in [2.75, 3.05) is 4.72 Å². The number of hydrogen-bond acceptors (Lipinski definition) is 3. The van der Waals surface area contributed by atoms with Crippen LogP contribution in [0.15, 0.2) is 47.4 Å². The second kappa shape index (κ2) is 8.10. The minimum absolute atomic E-state index is 0.0386. The second-order valence-corrected chi connectivity index (χ2v) is 8.63. The number of nitrogens with one attached hydrogen (secondary N) is 2. The summed E-state index contributed by atoms with van der Waals surface area (Å²) in [5.41, 5.74) is 1.49. The first-order valence-electron chi connectivity index (χ1n) is 8.30. The molecule has 1 amide bonds. The molecule has 2 rings (SSSR count). The normalized spacial score (nSPS) is 12.7. The number of benzene rings is 2. The number of rotatable bonds is 6. The molecular weight excluding hydrogens is 372 g/mol. The van der Waals surface area contributed by atoms with Gasteiger partial charge in [0.15, 0.2) is 0 Å². The van der Waals surface area contributed by atoms with Gasteiger partial charge in [0.25, 0.3) is 15.9 Å². The molecule has 2 N–H and O–H groups in total. The van der Waals surface area contributed by atoms with E-state index in [9.17, 15) is 13.2 Å². The number of halogens is 1. The van der Waals surface area contributed by atoms with Gasteiger partial charge in [-0.2, -0.15) is 0 Å². The highest BCUT2D eigenvalue weighted by atomic mass is 35.5. The molecule has 0 bridgehead atoms. The van der Waals surface area contributed by atoms with E-state index < -0.39 is 10.0 Å². The molecule has 0 fully saturated rings. The second-order valence-electron chi connectivity index (χ2n) is 6.57. The van der Waals surface area contributed by atoms with E-state index in [1.54, 1.807) is 25.1 Å². The molecule has 1 unspecified atom stereocenters. The molecule has 26 heavy (non-hydrogen) atoms. The summed E-state index contributed by atoms with van der Waals surface area (Å²) in [6.45, 7) is 7.69. The third kappa shape index (κ3) is 4.77. The van der Waals surface area contributed by atoms with E-state index in [1.165, 1.54) is 18.2 Å². The molecule has 0 heterocycles. The fourth-order valence-corrected chi connectivity index (χ4v) is 3.85. The van der Waals surface area contributed by atoms with Crippen molar-refractivity contribution in [2.24, 2.45) is 5.92 Å². The van der Waals surface area contributed by atoms with Gasteiger partial charge in [-0.05, 0) is 49.6 Å². The highest BCUT2D eigenvalue weighted by Gasteiger charge is 2.21. The van der Waals surface area contributed by atoms with Crippen molar-refractivity contribution in [3.63, 3.8) is 0 Å². The smallest absolute Gasteiger partial charge is 0.263 e. The standard InChI is InChI=1S/C19H23ClN2O3S/c1-12(2)14(4)21-19(23)15-9-10-16(20)18(11-15)26(24,25)22-17-8-6-5-7-13(17)3/h5-12,14,22H,1-4H3,(H,21,23). The maximum atomic E-state index is 12.8. The Bertz CT molecular complexity index is 911. The lowest BCUT2D eigenvalue weighted by Crippen LogP contribution is -2.36. The number of anilines is 1. The Hall–Kier alpha value is -2.05. The zero-order valence-corrected chi connectivity index (χ0v) is 16.8. The first kappa shape index (κ1) is 20.3. The molecule has 0 spiro atoms. The van der Waals surface area contributed by atoms with Gasteiger partial charge in [-0.3, -0.25) is 9.52 Å². The zero-order valence-electron chi connectivity index (χ0n) is 15.2. The number of hydrogen-bond donors (Lipinski definition) is 2. The molecule has 5 nitrogen and oxygen atoms in total. The van der Waals surface area contributed by atoms with Crippen LogP contribution in [0.25, 0.3) is 0 Å². The topological polar surface area (TPSA) is 75.3 Å². The minimum Gasteiger partial charge on any atom is -0.349 e. The molecule has 0 aliphatic rings. The van der Waals surface area contributed by atoms with E-state index in [0.29, 0.717) is 5.69 Å². The van der Waals surface area contributed by atoms with Crippen LogP contribution < -0.4 is 10.0 Å². The number of para-hydroxylation sites is 1. The summed E-state index contributed by atoms with van der Waals surface area (Å²) in [4.78, 5) is 12.3. The first-order valence-corrected chi connectivity index (χ1v) is 10.2. The van der Waals surface area contributed by atoms with Gasteiger partial charge in [0, 0.05) is 11.6 Å². The fraction of sp³-hybridized carbons (Fsp3) is 0.316. The molecule has 0 radical (unpaired) electrons. The van der Waals surface area contributed by atoms with E-state index in [4.69, 9.17) is 11.6 Å². The van der Waals surface area contributed by atoms with Gasteiger partial charge in [0.2, 0.25) is 0 Å². The largest absolute Gasteiger partial charge is 0.349 e. The molecule has 140 valence electrons. The van der Waals surface area contributed by atoms with Crippen LogP contribution in [0, 0.1) is 12.8 Å². The predicted octanol–water partition coefficient (Wildman–Crippen LogP) is 4.22. The average Bonchev–Trinajstić information content (AvgIpc) is 2.56. The van der Waals surface area contributed by atoms with Crippen molar-refractivity contribution in [1.29, 1.82) is 0 Å². The molecule has 0 aliphatic heterocycles. The lowest BCUT2D eigenvalue weighted by molar-refractivity contribution is 0.0930.